The van der Waals surface area contributed by atoms with E-state index >= 15 is 0 Å². The minimum Gasteiger partial charge on any atom is -0.494 e. The van der Waals surface area contributed by atoms with E-state index in [-0.39, 0.29) is 18.3 Å². The maximum absolute atomic E-state index is 12.6. The van der Waals surface area contributed by atoms with E-state index in [9.17, 15) is 4.79 Å². The van der Waals surface area contributed by atoms with Gasteiger partial charge in [-0.3, -0.25) is 4.79 Å². The van der Waals surface area contributed by atoms with Gasteiger partial charge in [-0.1, -0.05) is 30.3 Å². The highest BCUT2D eigenvalue weighted by Crippen LogP contribution is 2.15. The predicted octanol–water partition coefficient (Wildman–Crippen LogP) is 3.11. The van der Waals surface area contributed by atoms with Gasteiger partial charge in [0.2, 0.25) is 0 Å². The van der Waals surface area contributed by atoms with Crippen LogP contribution >= 0.6 is 12.4 Å². The lowest BCUT2D eigenvalue weighted by Crippen LogP contribution is -2.34. The molecule has 2 N–H and O–H groups in total. The largest absolute Gasteiger partial charge is 0.494 e. The highest BCUT2D eigenvalue weighted by Gasteiger charge is 2.15. The molecule has 2 aromatic carbocycles. The maximum atomic E-state index is 12.6. The lowest BCUT2D eigenvalue weighted by molar-refractivity contribution is 0.0748. The van der Waals surface area contributed by atoms with Crippen LogP contribution in [0.25, 0.3) is 0 Å². The summed E-state index contributed by atoms with van der Waals surface area (Å²) >= 11 is 0. The molecule has 5 heteroatoms. The van der Waals surface area contributed by atoms with Crippen molar-refractivity contribution in [2.45, 2.75) is 13.5 Å². The van der Waals surface area contributed by atoms with Crippen LogP contribution in [-0.2, 0) is 6.54 Å². The van der Waals surface area contributed by atoms with Gasteiger partial charge in [0.15, 0.2) is 0 Å². The Morgan fingerprint density at radius 1 is 1.09 bits per heavy atom. The second-order valence-corrected chi connectivity index (χ2v) is 4.96. The van der Waals surface area contributed by atoms with E-state index in [4.69, 9.17) is 10.5 Å². The molecule has 4 nitrogen and oxygen atoms in total. The highest BCUT2D eigenvalue weighted by molar-refractivity contribution is 5.94. The summed E-state index contributed by atoms with van der Waals surface area (Å²) in [5.41, 5.74) is 7.39. The van der Waals surface area contributed by atoms with Crippen molar-refractivity contribution in [2.24, 2.45) is 5.73 Å². The Morgan fingerprint density at radius 2 is 1.74 bits per heavy atom. The molecule has 0 spiro atoms. The molecule has 124 valence electrons. The van der Waals surface area contributed by atoms with Gasteiger partial charge in [0.05, 0.1) is 6.61 Å². The molecule has 23 heavy (non-hydrogen) atoms. The number of ether oxygens (including phenoxy) is 1. The number of hydrogen-bond donors (Lipinski definition) is 1. The summed E-state index contributed by atoms with van der Waals surface area (Å²) < 4.78 is 5.40. The van der Waals surface area contributed by atoms with Gasteiger partial charge in [-0.15, -0.1) is 12.4 Å². The number of rotatable bonds is 7. The Kier molecular flexibility index (Phi) is 8.16. The van der Waals surface area contributed by atoms with Gasteiger partial charge in [0.1, 0.15) is 5.75 Å². The van der Waals surface area contributed by atoms with Crippen LogP contribution < -0.4 is 10.5 Å². The first-order valence-electron chi connectivity index (χ1n) is 7.50. The van der Waals surface area contributed by atoms with E-state index in [0.717, 1.165) is 11.3 Å². The van der Waals surface area contributed by atoms with Crippen molar-refractivity contribution >= 4 is 18.3 Å². The molecule has 0 aliphatic carbocycles. The van der Waals surface area contributed by atoms with E-state index in [2.05, 4.69) is 0 Å². The molecule has 0 atom stereocenters. The molecule has 0 aromatic heterocycles. The van der Waals surface area contributed by atoms with E-state index in [1.54, 1.807) is 17.0 Å². The SMILES string of the molecule is CCOc1ccc(C(=O)N(CCN)Cc2ccccc2)cc1.Cl. The zero-order valence-corrected chi connectivity index (χ0v) is 14.1. The normalized spacial score (nSPS) is 9.83. The van der Waals surface area contributed by atoms with Gasteiger partial charge < -0.3 is 15.4 Å². The fraction of sp³-hybridized carbons (Fsp3) is 0.278. The van der Waals surface area contributed by atoms with Crippen molar-refractivity contribution in [2.75, 3.05) is 19.7 Å². The molecule has 2 rings (SSSR count). The van der Waals surface area contributed by atoms with Crippen LogP contribution in [0.5, 0.6) is 5.75 Å². The lowest BCUT2D eigenvalue weighted by Gasteiger charge is -2.22. The van der Waals surface area contributed by atoms with Crippen LogP contribution in [0, 0.1) is 0 Å². The average molecular weight is 335 g/mol. The highest BCUT2D eigenvalue weighted by atomic mass is 35.5. The van der Waals surface area contributed by atoms with Crippen LogP contribution in [0.4, 0.5) is 0 Å². The van der Waals surface area contributed by atoms with E-state index in [1.165, 1.54) is 0 Å². The zero-order chi connectivity index (χ0) is 15.8. The van der Waals surface area contributed by atoms with Gasteiger partial charge >= 0.3 is 0 Å². The lowest BCUT2D eigenvalue weighted by atomic mass is 10.1. The minimum absolute atomic E-state index is 0. The van der Waals surface area contributed by atoms with Crippen molar-refractivity contribution in [3.8, 4) is 5.75 Å². The third-order valence-electron chi connectivity index (χ3n) is 3.31. The molecular formula is C18H23ClN2O2. The molecule has 0 saturated carbocycles. The average Bonchev–Trinajstić information content (AvgIpc) is 2.56. The quantitative estimate of drug-likeness (QED) is 0.846. The molecule has 0 heterocycles. The monoisotopic (exact) mass is 334 g/mol. The zero-order valence-electron chi connectivity index (χ0n) is 13.3. The van der Waals surface area contributed by atoms with Crippen molar-refractivity contribution < 1.29 is 9.53 Å². The van der Waals surface area contributed by atoms with Gasteiger partial charge in [0.25, 0.3) is 5.91 Å². The second kappa shape index (κ2) is 9.87. The standard InChI is InChI=1S/C18H22N2O2.ClH/c1-2-22-17-10-8-16(9-11-17)18(21)20(13-12-19)14-15-6-4-3-5-7-15;/h3-11H,2,12-14,19H2,1H3;1H. The van der Waals surface area contributed by atoms with Gasteiger partial charge in [-0.05, 0) is 36.8 Å². The van der Waals surface area contributed by atoms with Gasteiger partial charge in [0, 0.05) is 25.2 Å². The maximum Gasteiger partial charge on any atom is 0.254 e. The summed E-state index contributed by atoms with van der Waals surface area (Å²) in [6.07, 6.45) is 0. The number of benzene rings is 2. The summed E-state index contributed by atoms with van der Waals surface area (Å²) in [6, 6.07) is 17.1. The molecule has 0 aliphatic rings. The summed E-state index contributed by atoms with van der Waals surface area (Å²) in [5, 5.41) is 0. The fourth-order valence-corrected chi connectivity index (χ4v) is 2.26. The van der Waals surface area contributed by atoms with Gasteiger partial charge in [-0.25, -0.2) is 0 Å². The number of amides is 1. The molecule has 0 fully saturated rings. The number of nitrogens with zero attached hydrogens (tertiary/aromatic N) is 1. The predicted molar refractivity (Wildman–Crippen MR) is 95.1 cm³/mol. The molecule has 0 saturated heterocycles. The van der Waals surface area contributed by atoms with Crippen molar-refractivity contribution in [3.05, 3.63) is 65.7 Å². The molecule has 0 unspecified atom stereocenters. The molecule has 0 aliphatic heterocycles. The number of carbonyl (C=O) groups is 1. The Balaban J connectivity index is 0.00000264. The van der Waals surface area contributed by atoms with E-state index in [0.29, 0.717) is 31.8 Å². The number of hydrogen-bond acceptors (Lipinski definition) is 3. The van der Waals surface area contributed by atoms with Crippen molar-refractivity contribution in [3.63, 3.8) is 0 Å². The number of halogens is 1. The Labute approximate surface area is 143 Å². The molecule has 2 aromatic rings. The molecular weight excluding hydrogens is 312 g/mol. The summed E-state index contributed by atoms with van der Waals surface area (Å²) in [7, 11) is 0. The van der Waals surface area contributed by atoms with Crippen LogP contribution in [0.1, 0.15) is 22.8 Å². The van der Waals surface area contributed by atoms with Gasteiger partial charge in [-0.2, -0.15) is 0 Å². The Bertz CT molecular complexity index is 588. The van der Waals surface area contributed by atoms with Crippen molar-refractivity contribution in [1.29, 1.82) is 0 Å². The Hall–Kier alpha value is -2.04. The first-order valence-corrected chi connectivity index (χ1v) is 7.50. The number of carbonyl (C=O) groups excluding carboxylic acids is 1. The van der Waals surface area contributed by atoms with E-state index in [1.807, 2.05) is 49.4 Å². The second-order valence-electron chi connectivity index (χ2n) is 4.96. The van der Waals surface area contributed by atoms with Crippen LogP contribution in [-0.4, -0.2) is 30.5 Å². The topological polar surface area (TPSA) is 55.6 Å². The van der Waals surface area contributed by atoms with Crippen LogP contribution in [0.3, 0.4) is 0 Å². The number of nitrogens with two attached hydrogens (primary N) is 1. The third-order valence-corrected chi connectivity index (χ3v) is 3.31. The summed E-state index contributed by atoms with van der Waals surface area (Å²) in [6.45, 7) is 4.07. The summed E-state index contributed by atoms with van der Waals surface area (Å²) in [4.78, 5) is 14.4. The Morgan fingerprint density at radius 3 is 2.30 bits per heavy atom. The fourth-order valence-electron chi connectivity index (χ4n) is 2.26. The van der Waals surface area contributed by atoms with E-state index < -0.39 is 0 Å². The summed E-state index contributed by atoms with van der Waals surface area (Å²) in [5.74, 6) is 0.754. The smallest absolute Gasteiger partial charge is 0.254 e. The van der Waals surface area contributed by atoms with Crippen LogP contribution in [0.15, 0.2) is 54.6 Å². The molecule has 0 bridgehead atoms. The van der Waals surface area contributed by atoms with Crippen molar-refractivity contribution in [1.82, 2.24) is 4.90 Å². The van der Waals surface area contributed by atoms with Crippen LogP contribution in [0.2, 0.25) is 0 Å². The first kappa shape index (κ1) is 19.0. The molecule has 1 amide bonds. The minimum atomic E-state index is -0.0163. The third kappa shape index (κ3) is 5.58. The first-order chi connectivity index (χ1) is 10.7. The molecule has 0 radical (unpaired) electrons.